The number of carbonyl (C=O) groups excluding carboxylic acids is 2. The van der Waals surface area contributed by atoms with Crippen LogP contribution in [-0.4, -0.2) is 77.5 Å². The third-order valence-corrected chi connectivity index (χ3v) is 8.31. The second kappa shape index (κ2) is 9.26. The van der Waals surface area contributed by atoms with Crippen LogP contribution >= 0.6 is 0 Å². The zero-order chi connectivity index (χ0) is 24.6. The van der Waals surface area contributed by atoms with Gasteiger partial charge in [-0.3, -0.25) is 9.59 Å². The molecule has 2 fully saturated rings. The monoisotopic (exact) mass is 496 g/mol. The van der Waals surface area contributed by atoms with Gasteiger partial charge in [-0.2, -0.15) is 5.10 Å². The molecule has 2 amide bonds. The van der Waals surface area contributed by atoms with Crippen molar-refractivity contribution in [3.05, 3.63) is 72.2 Å². The molecule has 5 rings (SSSR count). The number of para-hydroxylation sites is 1. The summed E-state index contributed by atoms with van der Waals surface area (Å²) in [6.45, 7) is 1.37. The molecule has 3 heterocycles. The highest BCUT2D eigenvalue weighted by Gasteiger charge is 2.37. The van der Waals surface area contributed by atoms with Gasteiger partial charge >= 0.3 is 0 Å². The van der Waals surface area contributed by atoms with Crippen molar-refractivity contribution in [1.82, 2.24) is 19.6 Å². The van der Waals surface area contributed by atoms with E-state index in [0.717, 1.165) is 5.69 Å². The van der Waals surface area contributed by atoms with Gasteiger partial charge in [0.2, 0.25) is 5.91 Å². The molecule has 0 saturated carbocycles. The van der Waals surface area contributed by atoms with Gasteiger partial charge in [0.15, 0.2) is 9.84 Å². The molecule has 0 spiro atoms. The summed E-state index contributed by atoms with van der Waals surface area (Å²) >= 11 is 0. The minimum atomic E-state index is -3.14. The molecule has 0 radical (unpaired) electrons. The molecule has 1 atom stereocenters. The van der Waals surface area contributed by atoms with Gasteiger partial charge in [-0.05, 0) is 42.8 Å². The maximum absolute atomic E-state index is 13.5. The van der Waals surface area contributed by atoms with Crippen LogP contribution in [0, 0.1) is 11.7 Å². The van der Waals surface area contributed by atoms with E-state index in [4.69, 9.17) is 0 Å². The number of halogens is 1. The summed E-state index contributed by atoms with van der Waals surface area (Å²) in [5.74, 6) is -1.27. The zero-order valence-corrected chi connectivity index (χ0v) is 19.8. The third kappa shape index (κ3) is 4.84. The lowest BCUT2D eigenvalue weighted by Crippen LogP contribution is -2.52. The maximum Gasteiger partial charge on any atom is 0.257 e. The molecule has 1 aromatic heterocycles. The molecule has 2 aliphatic heterocycles. The Bertz CT molecular complexity index is 1350. The lowest BCUT2D eigenvalue weighted by Gasteiger charge is -2.35. The molecule has 182 valence electrons. The Hall–Kier alpha value is -3.53. The summed E-state index contributed by atoms with van der Waals surface area (Å²) in [5.41, 5.74) is 2.26. The highest BCUT2D eigenvalue weighted by molar-refractivity contribution is 7.91. The largest absolute Gasteiger partial charge is 0.339 e. The zero-order valence-electron chi connectivity index (χ0n) is 19.0. The Balaban J connectivity index is 1.36. The van der Waals surface area contributed by atoms with Crippen molar-refractivity contribution in [2.75, 3.05) is 37.7 Å². The predicted molar refractivity (Wildman–Crippen MR) is 128 cm³/mol. The predicted octanol–water partition coefficient (Wildman–Crippen LogP) is 2.40. The van der Waals surface area contributed by atoms with Crippen LogP contribution in [0.3, 0.4) is 0 Å². The Morgan fingerprint density at radius 2 is 1.57 bits per heavy atom. The van der Waals surface area contributed by atoms with E-state index in [0.29, 0.717) is 49.4 Å². The molecular formula is C25H25FN4O4S. The molecule has 2 aromatic carbocycles. The number of benzene rings is 2. The number of amides is 2. The number of aromatic nitrogens is 2. The van der Waals surface area contributed by atoms with Crippen LogP contribution in [0.4, 0.5) is 4.39 Å². The molecule has 2 aliphatic rings. The minimum Gasteiger partial charge on any atom is -0.339 e. The highest BCUT2D eigenvalue weighted by atomic mass is 32.2. The first-order chi connectivity index (χ1) is 16.8. The molecular weight excluding hydrogens is 471 g/mol. The molecule has 8 nitrogen and oxygen atoms in total. The second-order valence-corrected chi connectivity index (χ2v) is 11.1. The number of sulfone groups is 1. The Kier molecular flexibility index (Phi) is 6.14. The molecule has 0 unspecified atom stereocenters. The molecule has 10 heteroatoms. The topological polar surface area (TPSA) is 92.6 Å². The molecule has 0 aliphatic carbocycles. The summed E-state index contributed by atoms with van der Waals surface area (Å²) in [6, 6.07) is 15.3. The van der Waals surface area contributed by atoms with Crippen LogP contribution in [0.25, 0.3) is 16.9 Å². The molecule has 3 aromatic rings. The Morgan fingerprint density at radius 1 is 0.914 bits per heavy atom. The van der Waals surface area contributed by atoms with Crippen LogP contribution in [-0.2, 0) is 14.6 Å². The van der Waals surface area contributed by atoms with E-state index >= 15 is 0 Å². The van der Waals surface area contributed by atoms with Crippen LogP contribution in [0.2, 0.25) is 0 Å². The van der Waals surface area contributed by atoms with Crippen LogP contribution in [0.5, 0.6) is 0 Å². The number of hydrogen-bond acceptors (Lipinski definition) is 5. The first-order valence-corrected chi connectivity index (χ1v) is 13.3. The number of nitrogens with zero attached hydrogens (tertiary/aromatic N) is 4. The van der Waals surface area contributed by atoms with Crippen molar-refractivity contribution in [1.29, 1.82) is 0 Å². The molecule has 0 N–H and O–H groups in total. The summed E-state index contributed by atoms with van der Waals surface area (Å²) < 4.78 is 38.6. The van der Waals surface area contributed by atoms with E-state index < -0.39 is 15.8 Å². The average Bonchev–Trinajstić information content (AvgIpc) is 3.48. The van der Waals surface area contributed by atoms with Gasteiger partial charge in [-0.15, -0.1) is 0 Å². The van der Waals surface area contributed by atoms with Gasteiger partial charge in [-0.1, -0.05) is 18.2 Å². The van der Waals surface area contributed by atoms with Gasteiger partial charge in [-0.25, -0.2) is 17.5 Å². The first kappa shape index (κ1) is 23.2. The third-order valence-electron chi connectivity index (χ3n) is 6.54. The van der Waals surface area contributed by atoms with E-state index in [2.05, 4.69) is 5.10 Å². The number of hydrogen-bond donors (Lipinski definition) is 0. The SMILES string of the molecule is O=C(c1cn(-c2ccccc2)nc1-c1ccc(F)cc1)N1CCN(C(=O)[C@H]2CCS(=O)(=O)C2)CC1. The first-order valence-electron chi connectivity index (χ1n) is 11.5. The molecule has 35 heavy (non-hydrogen) atoms. The van der Waals surface area contributed by atoms with Crippen molar-refractivity contribution in [3.63, 3.8) is 0 Å². The van der Waals surface area contributed by atoms with Crippen molar-refractivity contribution >= 4 is 21.7 Å². The summed E-state index contributed by atoms with van der Waals surface area (Å²) in [4.78, 5) is 29.6. The van der Waals surface area contributed by atoms with E-state index in [-0.39, 0.29) is 29.1 Å². The van der Waals surface area contributed by atoms with E-state index in [1.165, 1.54) is 12.1 Å². The van der Waals surface area contributed by atoms with Gasteiger partial charge in [0.1, 0.15) is 11.5 Å². The smallest absolute Gasteiger partial charge is 0.257 e. The molecule has 2 saturated heterocycles. The fourth-order valence-electron chi connectivity index (χ4n) is 4.61. The maximum atomic E-state index is 13.5. The van der Waals surface area contributed by atoms with Crippen molar-refractivity contribution in [2.45, 2.75) is 6.42 Å². The van der Waals surface area contributed by atoms with Crippen molar-refractivity contribution in [3.8, 4) is 16.9 Å². The molecule has 0 bridgehead atoms. The van der Waals surface area contributed by atoms with Crippen molar-refractivity contribution in [2.24, 2.45) is 5.92 Å². The summed E-state index contributed by atoms with van der Waals surface area (Å²) in [6.07, 6.45) is 2.04. The average molecular weight is 497 g/mol. The lowest BCUT2D eigenvalue weighted by molar-refractivity contribution is -0.136. The normalized spacial score (nSPS) is 19.6. The Labute approximate surface area is 202 Å². The lowest BCUT2D eigenvalue weighted by atomic mass is 10.1. The highest BCUT2D eigenvalue weighted by Crippen LogP contribution is 2.26. The number of piperazine rings is 1. The van der Waals surface area contributed by atoms with Gasteiger partial charge < -0.3 is 9.80 Å². The minimum absolute atomic E-state index is 0.0550. The fourth-order valence-corrected chi connectivity index (χ4v) is 6.35. The summed E-state index contributed by atoms with van der Waals surface area (Å²) in [5, 5.41) is 4.63. The summed E-state index contributed by atoms with van der Waals surface area (Å²) in [7, 11) is -3.14. The number of rotatable bonds is 4. The van der Waals surface area contributed by atoms with Gasteiger partial charge in [0.05, 0.1) is 28.7 Å². The van der Waals surface area contributed by atoms with E-state index in [9.17, 15) is 22.4 Å². The van der Waals surface area contributed by atoms with E-state index in [1.807, 2.05) is 30.3 Å². The van der Waals surface area contributed by atoms with Crippen LogP contribution in [0.15, 0.2) is 60.8 Å². The van der Waals surface area contributed by atoms with Crippen LogP contribution < -0.4 is 0 Å². The standard InChI is InChI=1S/C25H25FN4O4S/c26-20-8-6-18(7-9-20)23-22(16-30(27-23)21-4-2-1-3-5-21)25(32)29-13-11-28(12-14-29)24(31)19-10-15-35(33,34)17-19/h1-9,16,19H,10-15,17H2/t19-/m0/s1. The quantitative estimate of drug-likeness (QED) is 0.553. The van der Waals surface area contributed by atoms with Gasteiger partial charge in [0, 0.05) is 37.9 Å². The second-order valence-electron chi connectivity index (χ2n) is 8.90. The number of carbonyl (C=O) groups is 2. The Morgan fingerprint density at radius 3 is 2.20 bits per heavy atom. The van der Waals surface area contributed by atoms with E-state index in [1.54, 1.807) is 32.8 Å². The van der Waals surface area contributed by atoms with Gasteiger partial charge in [0.25, 0.3) is 5.91 Å². The fraction of sp³-hybridized carbons (Fsp3) is 0.320. The van der Waals surface area contributed by atoms with Crippen LogP contribution in [0.1, 0.15) is 16.8 Å². The van der Waals surface area contributed by atoms with Crippen molar-refractivity contribution < 1.29 is 22.4 Å².